The zero-order valence-corrected chi connectivity index (χ0v) is 12.6. The van der Waals surface area contributed by atoms with Gasteiger partial charge in [0, 0.05) is 6.04 Å². The van der Waals surface area contributed by atoms with Gasteiger partial charge in [-0.05, 0) is 31.0 Å². The lowest BCUT2D eigenvalue weighted by atomic mass is 9.99. The first-order chi connectivity index (χ1) is 10.8. The van der Waals surface area contributed by atoms with Crippen LogP contribution in [0.1, 0.15) is 12.5 Å². The normalized spacial score (nSPS) is 32.3. The zero-order chi connectivity index (χ0) is 17.1. The van der Waals surface area contributed by atoms with E-state index in [0.29, 0.717) is 12.2 Å². The third-order valence-corrected chi connectivity index (χ3v) is 3.55. The maximum Gasteiger partial charge on any atom is 0.335 e. The maximum atomic E-state index is 11.0. The molecule has 0 aromatic heterocycles. The molecule has 0 amide bonds. The van der Waals surface area contributed by atoms with Gasteiger partial charge in [-0.3, -0.25) is 0 Å². The van der Waals surface area contributed by atoms with E-state index in [0.717, 1.165) is 5.56 Å². The largest absolute Gasteiger partial charge is 0.479 e. The second kappa shape index (κ2) is 7.24. The van der Waals surface area contributed by atoms with Gasteiger partial charge in [0.15, 0.2) is 6.10 Å². The highest BCUT2D eigenvalue weighted by molar-refractivity contribution is 5.73. The van der Waals surface area contributed by atoms with E-state index in [1.807, 2.05) is 6.92 Å². The Morgan fingerprint density at radius 3 is 2.35 bits per heavy atom. The molecule has 8 nitrogen and oxygen atoms in total. The topological polar surface area (TPSA) is 142 Å². The minimum absolute atomic E-state index is 0.0122. The molecule has 1 aromatic carbocycles. The predicted octanol–water partition coefficient (Wildman–Crippen LogP) is -1.15. The molecular weight excluding hydrogens is 306 g/mol. The third kappa shape index (κ3) is 4.18. The second-order valence-electron chi connectivity index (χ2n) is 5.68. The van der Waals surface area contributed by atoms with Gasteiger partial charge in [0.1, 0.15) is 24.1 Å². The molecule has 1 aromatic rings. The SMILES string of the molecule is C[C@H](N)Cc1ccc(O[C@@H]2O[C@H](C(=O)O)[C@@H](O)[C@H](O)[C@H]2O)cc1. The lowest BCUT2D eigenvalue weighted by Gasteiger charge is -2.38. The quantitative estimate of drug-likeness (QED) is 0.456. The Balaban J connectivity index is 2.07. The summed E-state index contributed by atoms with van der Waals surface area (Å²) in [4.78, 5) is 11.0. The monoisotopic (exact) mass is 327 g/mol. The molecular formula is C15H21NO7. The molecule has 6 N–H and O–H groups in total. The van der Waals surface area contributed by atoms with Gasteiger partial charge < -0.3 is 35.6 Å². The number of carboxylic acids is 1. The highest BCUT2D eigenvalue weighted by Crippen LogP contribution is 2.25. The number of carbonyl (C=O) groups is 1. The van der Waals surface area contributed by atoms with Crippen LogP contribution in [0.5, 0.6) is 5.75 Å². The van der Waals surface area contributed by atoms with E-state index in [1.165, 1.54) is 0 Å². The minimum Gasteiger partial charge on any atom is -0.479 e. The van der Waals surface area contributed by atoms with E-state index in [1.54, 1.807) is 24.3 Å². The third-order valence-electron chi connectivity index (χ3n) is 3.55. The lowest BCUT2D eigenvalue weighted by molar-refractivity contribution is -0.271. The van der Waals surface area contributed by atoms with Crippen LogP contribution in [0.2, 0.25) is 0 Å². The highest BCUT2D eigenvalue weighted by atomic mass is 16.7. The average molecular weight is 327 g/mol. The first kappa shape index (κ1) is 17.6. The maximum absolute atomic E-state index is 11.0. The molecule has 2 rings (SSSR count). The van der Waals surface area contributed by atoms with E-state index < -0.39 is 36.7 Å². The highest BCUT2D eigenvalue weighted by Gasteiger charge is 2.48. The summed E-state index contributed by atoms with van der Waals surface area (Å²) in [7, 11) is 0. The molecule has 0 spiro atoms. The average Bonchev–Trinajstić information content (AvgIpc) is 2.48. The summed E-state index contributed by atoms with van der Waals surface area (Å²) in [5.41, 5.74) is 6.71. The van der Waals surface area contributed by atoms with Crippen molar-refractivity contribution in [2.24, 2.45) is 5.73 Å². The molecule has 1 heterocycles. The van der Waals surface area contributed by atoms with Crippen LogP contribution in [-0.2, 0) is 16.0 Å². The van der Waals surface area contributed by atoms with Gasteiger partial charge in [0.2, 0.25) is 6.29 Å². The molecule has 1 saturated heterocycles. The molecule has 128 valence electrons. The second-order valence-corrected chi connectivity index (χ2v) is 5.68. The number of hydrogen-bond acceptors (Lipinski definition) is 7. The summed E-state index contributed by atoms with van der Waals surface area (Å²) in [5.74, 6) is -1.13. The summed E-state index contributed by atoms with van der Waals surface area (Å²) < 4.78 is 10.4. The fourth-order valence-corrected chi connectivity index (χ4v) is 2.36. The number of ether oxygens (including phenoxy) is 2. The summed E-state index contributed by atoms with van der Waals surface area (Å²) in [6.07, 6.45) is -7.41. The van der Waals surface area contributed by atoms with Gasteiger partial charge >= 0.3 is 5.97 Å². The number of aliphatic hydroxyl groups is 3. The van der Waals surface area contributed by atoms with Crippen LogP contribution in [0.3, 0.4) is 0 Å². The fourth-order valence-electron chi connectivity index (χ4n) is 2.36. The van der Waals surface area contributed by atoms with E-state index >= 15 is 0 Å². The number of aliphatic carboxylic acids is 1. The van der Waals surface area contributed by atoms with Crippen LogP contribution in [0.25, 0.3) is 0 Å². The molecule has 8 heteroatoms. The Morgan fingerprint density at radius 1 is 1.22 bits per heavy atom. The van der Waals surface area contributed by atoms with Gasteiger partial charge in [-0.15, -0.1) is 0 Å². The van der Waals surface area contributed by atoms with Crippen molar-refractivity contribution in [3.63, 3.8) is 0 Å². The van der Waals surface area contributed by atoms with Crippen LogP contribution in [0.15, 0.2) is 24.3 Å². The molecule has 23 heavy (non-hydrogen) atoms. The zero-order valence-electron chi connectivity index (χ0n) is 12.6. The number of hydrogen-bond donors (Lipinski definition) is 5. The summed E-state index contributed by atoms with van der Waals surface area (Å²) in [5, 5.41) is 38.2. The molecule has 1 aliphatic rings. The van der Waals surface area contributed by atoms with Crippen molar-refractivity contribution in [1.29, 1.82) is 0 Å². The molecule has 6 atom stereocenters. The Labute approximate surface area is 133 Å². The Kier molecular flexibility index (Phi) is 5.55. The van der Waals surface area contributed by atoms with Crippen molar-refractivity contribution in [2.45, 2.75) is 50.1 Å². The van der Waals surface area contributed by atoms with Crippen molar-refractivity contribution < 1.29 is 34.7 Å². The van der Waals surface area contributed by atoms with Crippen LogP contribution in [-0.4, -0.2) is 63.1 Å². The van der Waals surface area contributed by atoms with Gasteiger partial charge in [-0.1, -0.05) is 12.1 Å². The van der Waals surface area contributed by atoms with Gasteiger partial charge in [0.05, 0.1) is 0 Å². The fraction of sp³-hybridized carbons (Fsp3) is 0.533. The Bertz CT molecular complexity index is 533. The van der Waals surface area contributed by atoms with Crippen molar-refractivity contribution in [3.8, 4) is 5.75 Å². The molecule has 0 saturated carbocycles. The lowest BCUT2D eigenvalue weighted by Crippen LogP contribution is -2.61. The van der Waals surface area contributed by atoms with Crippen LogP contribution < -0.4 is 10.5 Å². The Hall–Kier alpha value is -1.71. The van der Waals surface area contributed by atoms with Crippen LogP contribution in [0, 0.1) is 0 Å². The molecule has 0 radical (unpaired) electrons. The van der Waals surface area contributed by atoms with Gasteiger partial charge in [-0.2, -0.15) is 0 Å². The minimum atomic E-state index is -1.74. The smallest absolute Gasteiger partial charge is 0.335 e. The first-order valence-corrected chi connectivity index (χ1v) is 7.23. The van der Waals surface area contributed by atoms with Crippen LogP contribution >= 0.6 is 0 Å². The van der Waals surface area contributed by atoms with E-state index in [-0.39, 0.29) is 6.04 Å². The Morgan fingerprint density at radius 2 is 1.83 bits per heavy atom. The predicted molar refractivity (Wildman–Crippen MR) is 78.7 cm³/mol. The van der Waals surface area contributed by atoms with Crippen molar-refractivity contribution in [3.05, 3.63) is 29.8 Å². The molecule has 0 aliphatic carbocycles. The van der Waals surface area contributed by atoms with Crippen molar-refractivity contribution in [1.82, 2.24) is 0 Å². The summed E-state index contributed by atoms with van der Waals surface area (Å²) in [6.45, 7) is 1.88. The van der Waals surface area contributed by atoms with Crippen molar-refractivity contribution in [2.75, 3.05) is 0 Å². The molecule has 0 bridgehead atoms. The molecule has 1 aliphatic heterocycles. The van der Waals surface area contributed by atoms with E-state index in [9.17, 15) is 20.1 Å². The number of rotatable bonds is 5. The first-order valence-electron chi connectivity index (χ1n) is 7.23. The van der Waals surface area contributed by atoms with Crippen molar-refractivity contribution >= 4 is 5.97 Å². The standard InChI is InChI=1S/C15H21NO7/c1-7(16)6-8-2-4-9(5-3-8)22-15-12(19)10(17)11(18)13(23-15)14(20)21/h2-5,7,10-13,15,17-19H,6,16H2,1H3,(H,20,21)/t7-,10-,11-,12+,13-,15+/m0/s1. The number of benzene rings is 1. The van der Waals surface area contributed by atoms with E-state index in [2.05, 4.69) is 0 Å². The molecule has 1 fully saturated rings. The summed E-state index contributed by atoms with van der Waals surface area (Å²) >= 11 is 0. The van der Waals surface area contributed by atoms with Gasteiger partial charge in [0.25, 0.3) is 0 Å². The molecule has 0 unspecified atom stereocenters. The number of carboxylic acid groups (broad SMARTS) is 1. The summed E-state index contributed by atoms with van der Waals surface area (Å²) in [6, 6.07) is 6.84. The van der Waals surface area contributed by atoms with Gasteiger partial charge in [-0.25, -0.2) is 4.79 Å². The number of nitrogens with two attached hydrogens (primary N) is 1. The van der Waals surface area contributed by atoms with Crippen LogP contribution in [0.4, 0.5) is 0 Å². The van der Waals surface area contributed by atoms with E-state index in [4.69, 9.17) is 20.3 Å². The number of aliphatic hydroxyl groups excluding tert-OH is 3.